The summed E-state index contributed by atoms with van der Waals surface area (Å²) in [6.45, 7) is 0. The van der Waals surface area contributed by atoms with Gasteiger partial charge in [-0.2, -0.15) is 0 Å². The van der Waals surface area contributed by atoms with E-state index in [2.05, 4.69) is 36.5 Å². The molecule has 0 saturated heterocycles. The van der Waals surface area contributed by atoms with Crippen molar-refractivity contribution in [1.29, 1.82) is 0 Å². The molecular formula is C10H10S2. The Balaban J connectivity index is 1.75. The minimum Gasteiger partial charge on any atom is -0.0795 e. The lowest BCUT2D eigenvalue weighted by atomic mass is 10.5. The molecule has 0 aromatic carbocycles. The van der Waals surface area contributed by atoms with Crippen LogP contribution in [0.25, 0.3) is 0 Å². The fourth-order valence-corrected chi connectivity index (χ4v) is 3.28. The molecule has 2 aliphatic rings. The monoisotopic (exact) mass is 194 g/mol. The second-order valence-corrected chi connectivity index (χ2v) is 5.08. The van der Waals surface area contributed by atoms with Crippen molar-refractivity contribution >= 4 is 21.6 Å². The zero-order chi connectivity index (χ0) is 8.23. The summed E-state index contributed by atoms with van der Waals surface area (Å²) in [5.41, 5.74) is 0. The fraction of sp³-hybridized carbons (Fsp3) is 0.200. The maximum atomic E-state index is 2.20. The first-order valence-corrected chi connectivity index (χ1v) is 6.16. The molecule has 0 aromatic rings. The van der Waals surface area contributed by atoms with Crippen LogP contribution in [0, 0.1) is 0 Å². The lowest BCUT2D eigenvalue weighted by molar-refractivity contribution is 1.41. The summed E-state index contributed by atoms with van der Waals surface area (Å²) in [6.07, 6.45) is 15.3. The van der Waals surface area contributed by atoms with Gasteiger partial charge in [-0.3, -0.25) is 0 Å². The van der Waals surface area contributed by atoms with Crippen molar-refractivity contribution in [1.82, 2.24) is 0 Å². The first kappa shape index (κ1) is 8.27. The third-order valence-electron chi connectivity index (χ3n) is 1.73. The van der Waals surface area contributed by atoms with E-state index < -0.39 is 0 Å². The molecule has 0 bridgehead atoms. The fourth-order valence-electron chi connectivity index (χ4n) is 1.09. The zero-order valence-electron chi connectivity index (χ0n) is 6.69. The predicted molar refractivity (Wildman–Crippen MR) is 58.9 cm³/mol. The largest absolute Gasteiger partial charge is 0.0795 e. The van der Waals surface area contributed by atoms with Gasteiger partial charge in [-0.15, -0.1) is 0 Å². The standard InChI is InChI=1S/C10H10S2/c1-2-6-9(5-1)11-12-10-7-3-4-8-10/h1-5,7H,6,8H2. The normalized spacial score (nSPS) is 20.0. The highest BCUT2D eigenvalue weighted by atomic mass is 33.1. The van der Waals surface area contributed by atoms with Gasteiger partial charge in [0.2, 0.25) is 0 Å². The Morgan fingerprint density at radius 1 is 0.833 bits per heavy atom. The number of allylic oxidation sites excluding steroid dienone is 8. The second-order valence-electron chi connectivity index (χ2n) is 2.70. The van der Waals surface area contributed by atoms with E-state index >= 15 is 0 Å². The van der Waals surface area contributed by atoms with Crippen LogP contribution in [0.3, 0.4) is 0 Å². The van der Waals surface area contributed by atoms with Crippen molar-refractivity contribution in [3.05, 3.63) is 46.3 Å². The molecule has 0 amide bonds. The van der Waals surface area contributed by atoms with Crippen LogP contribution in [-0.4, -0.2) is 0 Å². The SMILES string of the molecule is C1=CCC(SSC2=CC=CC2)=C1. The van der Waals surface area contributed by atoms with Crippen LogP contribution in [0.2, 0.25) is 0 Å². The van der Waals surface area contributed by atoms with Gasteiger partial charge in [0.05, 0.1) is 0 Å². The van der Waals surface area contributed by atoms with Gasteiger partial charge < -0.3 is 0 Å². The summed E-state index contributed by atoms with van der Waals surface area (Å²) in [5, 5.41) is 0. The summed E-state index contributed by atoms with van der Waals surface area (Å²) >= 11 is 0. The molecule has 2 heteroatoms. The first-order chi connectivity index (χ1) is 5.95. The van der Waals surface area contributed by atoms with Gasteiger partial charge in [0, 0.05) is 0 Å². The lowest BCUT2D eigenvalue weighted by Gasteiger charge is -2.00. The van der Waals surface area contributed by atoms with Crippen molar-refractivity contribution < 1.29 is 0 Å². The Morgan fingerprint density at radius 2 is 1.33 bits per heavy atom. The van der Waals surface area contributed by atoms with E-state index in [1.807, 2.05) is 21.6 Å². The van der Waals surface area contributed by atoms with Crippen molar-refractivity contribution in [2.75, 3.05) is 0 Å². The minimum absolute atomic E-state index is 1.12. The molecule has 0 heterocycles. The molecule has 0 radical (unpaired) electrons. The van der Waals surface area contributed by atoms with Gasteiger partial charge in [0.25, 0.3) is 0 Å². The van der Waals surface area contributed by atoms with E-state index in [9.17, 15) is 0 Å². The average molecular weight is 194 g/mol. The summed E-state index contributed by atoms with van der Waals surface area (Å²) < 4.78 is 0. The Bertz CT molecular complexity index is 252. The molecule has 0 aromatic heterocycles. The molecule has 0 nitrogen and oxygen atoms in total. The maximum absolute atomic E-state index is 2.20. The predicted octanol–water partition coefficient (Wildman–Crippen LogP) is 4.06. The maximum Gasteiger partial charge on any atom is -0.0000932 e. The Hall–Kier alpha value is -0.340. The van der Waals surface area contributed by atoms with E-state index in [0.717, 1.165) is 12.8 Å². The third-order valence-corrected chi connectivity index (χ3v) is 4.38. The first-order valence-electron chi connectivity index (χ1n) is 4.01. The van der Waals surface area contributed by atoms with Crippen LogP contribution in [0.15, 0.2) is 46.3 Å². The molecular weight excluding hydrogens is 184 g/mol. The van der Waals surface area contributed by atoms with Crippen LogP contribution < -0.4 is 0 Å². The highest BCUT2D eigenvalue weighted by Gasteiger charge is 2.04. The number of rotatable bonds is 3. The van der Waals surface area contributed by atoms with E-state index in [1.54, 1.807) is 0 Å². The zero-order valence-corrected chi connectivity index (χ0v) is 8.33. The Labute approximate surface area is 80.9 Å². The molecule has 62 valence electrons. The summed E-state index contributed by atoms with van der Waals surface area (Å²) in [7, 11) is 3.78. The van der Waals surface area contributed by atoms with Gasteiger partial charge in [-0.1, -0.05) is 58.0 Å². The van der Waals surface area contributed by atoms with Gasteiger partial charge in [0.1, 0.15) is 0 Å². The molecule has 0 spiro atoms. The molecule has 0 fully saturated rings. The molecule has 12 heavy (non-hydrogen) atoms. The van der Waals surface area contributed by atoms with Crippen molar-refractivity contribution in [3.8, 4) is 0 Å². The van der Waals surface area contributed by atoms with E-state index in [-0.39, 0.29) is 0 Å². The molecule has 0 aliphatic heterocycles. The molecule has 0 unspecified atom stereocenters. The highest BCUT2D eigenvalue weighted by molar-refractivity contribution is 8.79. The molecule has 0 saturated carbocycles. The van der Waals surface area contributed by atoms with Crippen LogP contribution in [0.4, 0.5) is 0 Å². The van der Waals surface area contributed by atoms with Crippen LogP contribution in [0.5, 0.6) is 0 Å². The molecule has 0 atom stereocenters. The van der Waals surface area contributed by atoms with Crippen molar-refractivity contribution in [2.45, 2.75) is 12.8 Å². The van der Waals surface area contributed by atoms with Crippen LogP contribution in [0.1, 0.15) is 12.8 Å². The Kier molecular flexibility index (Phi) is 2.79. The van der Waals surface area contributed by atoms with E-state index in [4.69, 9.17) is 0 Å². The number of hydrogen-bond donors (Lipinski definition) is 0. The topological polar surface area (TPSA) is 0 Å². The smallest absolute Gasteiger partial charge is 0.0000932 e. The molecule has 2 rings (SSSR count). The van der Waals surface area contributed by atoms with Gasteiger partial charge >= 0.3 is 0 Å². The molecule has 2 aliphatic carbocycles. The lowest BCUT2D eigenvalue weighted by Crippen LogP contribution is -1.67. The second kappa shape index (κ2) is 4.06. The van der Waals surface area contributed by atoms with Gasteiger partial charge in [-0.05, 0) is 22.7 Å². The third kappa shape index (κ3) is 2.08. The van der Waals surface area contributed by atoms with Crippen molar-refractivity contribution in [2.24, 2.45) is 0 Å². The van der Waals surface area contributed by atoms with E-state index in [1.165, 1.54) is 9.81 Å². The average Bonchev–Trinajstić information content (AvgIpc) is 2.74. The van der Waals surface area contributed by atoms with E-state index in [0.29, 0.717) is 0 Å². The van der Waals surface area contributed by atoms with Crippen molar-refractivity contribution in [3.63, 3.8) is 0 Å². The summed E-state index contributed by atoms with van der Waals surface area (Å²) in [6, 6.07) is 0. The highest BCUT2D eigenvalue weighted by Crippen LogP contribution is 2.41. The Morgan fingerprint density at radius 3 is 1.67 bits per heavy atom. The molecule has 0 N–H and O–H groups in total. The quantitative estimate of drug-likeness (QED) is 0.621. The van der Waals surface area contributed by atoms with Gasteiger partial charge in [0.15, 0.2) is 0 Å². The summed E-state index contributed by atoms with van der Waals surface area (Å²) in [5.74, 6) is 0. The van der Waals surface area contributed by atoms with Gasteiger partial charge in [-0.25, -0.2) is 0 Å². The summed E-state index contributed by atoms with van der Waals surface area (Å²) in [4.78, 5) is 2.93. The minimum atomic E-state index is 1.12. The number of hydrogen-bond acceptors (Lipinski definition) is 2. The van der Waals surface area contributed by atoms with Crippen LogP contribution in [-0.2, 0) is 0 Å². The van der Waals surface area contributed by atoms with Crippen LogP contribution >= 0.6 is 21.6 Å².